The second-order valence-electron chi connectivity index (χ2n) is 5.79. The van der Waals surface area contributed by atoms with E-state index in [1.54, 1.807) is 4.90 Å². The van der Waals surface area contributed by atoms with Crippen LogP contribution in [0.5, 0.6) is 5.75 Å². The van der Waals surface area contributed by atoms with Crippen molar-refractivity contribution in [3.63, 3.8) is 0 Å². The molecule has 2 heterocycles. The van der Waals surface area contributed by atoms with Gasteiger partial charge in [0.05, 0.1) is 18.2 Å². The molecule has 3 rings (SSSR count). The number of β-amino-alcohol motifs (C(OH)–C–C–N with tert-alkyl or cyclic N) is 1. The molecule has 0 saturated carbocycles. The summed E-state index contributed by atoms with van der Waals surface area (Å²) in [4.78, 5) is 18.3. The number of rotatable bonds is 5. The van der Waals surface area contributed by atoms with Crippen LogP contribution in [0.3, 0.4) is 0 Å². The van der Waals surface area contributed by atoms with Gasteiger partial charge in [-0.2, -0.15) is 0 Å². The van der Waals surface area contributed by atoms with Gasteiger partial charge in [-0.25, -0.2) is 4.98 Å². The second kappa shape index (κ2) is 7.10. The molecule has 0 unspecified atom stereocenters. The van der Waals surface area contributed by atoms with Crippen molar-refractivity contribution in [3.8, 4) is 5.75 Å². The molecule has 1 saturated heterocycles. The lowest BCUT2D eigenvalue weighted by molar-refractivity contribution is -0.129. The molecule has 1 atom stereocenters. The highest BCUT2D eigenvalue weighted by molar-refractivity contribution is 7.09. The first-order valence-electron chi connectivity index (χ1n) is 7.69. The summed E-state index contributed by atoms with van der Waals surface area (Å²) in [6, 6.07) is 7.88. The van der Waals surface area contributed by atoms with Gasteiger partial charge < -0.3 is 14.7 Å². The van der Waals surface area contributed by atoms with E-state index in [1.165, 1.54) is 16.9 Å². The molecule has 1 fully saturated rings. The monoisotopic (exact) mass is 332 g/mol. The van der Waals surface area contributed by atoms with Crippen LogP contribution < -0.4 is 4.74 Å². The van der Waals surface area contributed by atoms with Gasteiger partial charge in [-0.05, 0) is 25.5 Å². The van der Waals surface area contributed by atoms with Gasteiger partial charge in [0.25, 0.3) is 0 Å². The van der Waals surface area contributed by atoms with Crippen molar-refractivity contribution >= 4 is 17.2 Å². The van der Waals surface area contributed by atoms with Crippen LogP contribution >= 0.6 is 11.3 Å². The normalized spacial score (nSPS) is 17.5. The Balaban J connectivity index is 1.51. The van der Waals surface area contributed by atoms with Gasteiger partial charge in [0.15, 0.2) is 0 Å². The molecule has 1 amide bonds. The number of hydrogen-bond acceptors (Lipinski definition) is 5. The van der Waals surface area contributed by atoms with Gasteiger partial charge in [0.1, 0.15) is 17.4 Å². The zero-order chi connectivity index (χ0) is 16.2. The van der Waals surface area contributed by atoms with Crippen LogP contribution in [0.2, 0.25) is 0 Å². The summed E-state index contributed by atoms with van der Waals surface area (Å²) in [6.45, 7) is 3.51. The van der Waals surface area contributed by atoms with E-state index in [9.17, 15) is 9.90 Å². The van der Waals surface area contributed by atoms with Gasteiger partial charge in [-0.15, -0.1) is 11.3 Å². The molecule has 23 heavy (non-hydrogen) atoms. The molecule has 1 aliphatic rings. The molecular formula is C17H20N2O3S. The van der Waals surface area contributed by atoms with Crippen LogP contribution in [0.4, 0.5) is 0 Å². The maximum absolute atomic E-state index is 12.1. The van der Waals surface area contributed by atoms with Crippen LogP contribution in [-0.4, -0.2) is 40.1 Å². The number of ether oxygens (including phenoxy) is 1. The lowest BCUT2D eigenvalue weighted by atomic mass is 10.2. The fourth-order valence-electron chi connectivity index (χ4n) is 2.51. The number of benzene rings is 1. The Morgan fingerprint density at radius 3 is 2.91 bits per heavy atom. The number of aromatic nitrogens is 1. The van der Waals surface area contributed by atoms with E-state index in [-0.39, 0.29) is 18.4 Å². The fraction of sp³-hybridized carbons (Fsp3) is 0.412. The minimum absolute atomic E-state index is 0.0258. The van der Waals surface area contributed by atoms with E-state index in [2.05, 4.69) is 4.98 Å². The number of carbonyl (C=O) groups excluding carboxylic acids is 1. The highest BCUT2D eigenvalue weighted by Crippen LogP contribution is 2.17. The smallest absolute Gasteiger partial charge is 0.228 e. The average Bonchev–Trinajstić information content (AvgIpc) is 3.16. The van der Waals surface area contributed by atoms with Crippen LogP contribution in [0.15, 0.2) is 29.6 Å². The molecule has 1 aromatic carbocycles. The Hall–Kier alpha value is -1.92. The van der Waals surface area contributed by atoms with Crippen molar-refractivity contribution in [3.05, 3.63) is 45.9 Å². The van der Waals surface area contributed by atoms with Gasteiger partial charge in [0, 0.05) is 18.5 Å². The third-order valence-corrected chi connectivity index (χ3v) is 4.70. The number of aliphatic hydroxyl groups is 1. The Bertz CT molecular complexity index is 669. The highest BCUT2D eigenvalue weighted by Gasteiger charge is 2.24. The molecule has 1 aromatic heterocycles. The molecule has 1 aliphatic heterocycles. The minimum atomic E-state index is -0.382. The standard InChI is InChI=1S/C17H20N2O3S/c1-12-2-4-15(5-3-12)22-10-16-18-13(11-23-16)8-17(21)19-7-6-14(20)9-19/h2-5,11,14,20H,6-10H2,1H3/t14-/m1/s1. The summed E-state index contributed by atoms with van der Waals surface area (Å²) in [5, 5.41) is 12.2. The van der Waals surface area contributed by atoms with Crippen molar-refractivity contribution in [1.82, 2.24) is 9.88 Å². The van der Waals surface area contributed by atoms with Gasteiger partial charge in [-0.3, -0.25) is 4.79 Å². The molecular weight excluding hydrogens is 312 g/mol. The number of carbonyl (C=O) groups is 1. The zero-order valence-corrected chi connectivity index (χ0v) is 13.9. The molecule has 6 heteroatoms. The van der Waals surface area contributed by atoms with Crippen molar-refractivity contribution < 1.29 is 14.6 Å². The Kier molecular flexibility index (Phi) is 4.93. The number of aryl methyl sites for hydroxylation is 1. The number of likely N-dealkylation sites (tertiary alicyclic amines) is 1. The van der Waals surface area contributed by atoms with Crippen molar-refractivity contribution in [2.75, 3.05) is 13.1 Å². The number of aliphatic hydroxyl groups excluding tert-OH is 1. The molecule has 0 bridgehead atoms. The first kappa shape index (κ1) is 16.0. The summed E-state index contributed by atoms with van der Waals surface area (Å²) in [6.07, 6.45) is 0.569. The van der Waals surface area contributed by atoms with Crippen LogP contribution in [0.25, 0.3) is 0 Å². The molecule has 122 valence electrons. The molecule has 0 radical (unpaired) electrons. The third-order valence-electron chi connectivity index (χ3n) is 3.83. The Morgan fingerprint density at radius 2 is 2.22 bits per heavy atom. The predicted molar refractivity (Wildman–Crippen MR) is 88.5 cm³/mol. The quantitative estimate of drug-likeness (QED) is 0.911. The zero-order valence-electron chi connectivity index (χ0n) is 13.1. The van der Waals surface area contributed by atoms with Crippen LogP contribution in [0, 0.1) is 6.92 Å². The fourth-order valence-corrected chi connectivity index (χ4v) is 3.22. The lowest BCUT2D eigenvalue weighted by Crippen LogP contribution is -2.30. The van der Waals surface area contributed by atoms with E-state index in [1.807, 2.05) is 36.6 Å². The van der Waals surface area contributed by atoms with Gasteiger partial charge in [-0.1, -0.05) is 17.7 Å². The number of thiazole rings is 1. The first-order valence-corrected chi connectivity index (χ1v) is 8.57. The van der Waals surface area contributed by atoms with Gasteiger partial charge >= 0.3 is 0 Å². The molecule has 0 aliphatic carbocycles. The predicted octanol–water partition coefficient (Wildman–Crippen LogP) is 2.17. The minimum Gasteiger partial charge on any atom is -0.486 e. The van der Waals surface area contributed by atoms with Crippen molar-refractivity contribution in [1.29, 1.82) is 0 Å². The topological polar surface area (TPSA) is 62.7 Å². The molecule has 2 aromatic rings. The van der Waals surface area contributed by atoms with Crippen LogP contribution in [0.1, 0.15) is 22.7 Å². The van der Waals surface area contributed by atoms with Crippen molar-refractivity contribution in [2.45, 2.75) is 32.5 Å². The SMILES string of the molecule is Cc1ccc(OCc2nc(CC(=O)N3CC[C@@H](O)C3)cs2)cc1. The molecule has 0 spiro atoms. The number of amides is 1. The Morgan fingerprint density at radius 1 is 1.43 bits per heavy atom. The van der Waals surface area contributed by atoms with Crippen LogP contribution in [-0.2, 0) is 17.8 Å². The lowest BCUT2D eigenvalue weighted by Gasteiger charge is -2.14. The summed E-state index contributed by atoms with van der Waals surface area (Å²) in [5.74, 6) is 0.840. The Labute approximate surface area is 139 Å². The number of nitrogens with zero attached hydrogens (tertiary/aromatic N) is 2. The second-order valence-corrected chi connectivity index (χ2v) is 6.74. The summed E-state index contributed by atoms with van der Waals surface area (Å²) >= 11 is 1.50. The average molecular weight is 332 g/mol. The summed E-state index contributed by atoms with van der Waals surface area (Å²) < 4.78 is 5.70. The highest BCUT2D eigenvalue weighted by atomic mass is 32.1. The molecule has 1 N–H and O–H groups in total. The van der Waals surface area contributed by atoms with E-state index >= 15 is 0 Å². The van der Waals surface area contributed by atoms with E-state index in [4.69, 9.17) is 4.74 Å². The third kappa shape index (κ3) is 4.30. The van der Waals surface area contributed by atoms with E-state index < -0.39 is 0 Å². The maximum atomic E-state index is 12.1. The summed E-state index contributed by atoms with van der Waals surface area (Å²) in [5.41, 5.74) is 1.96. The van der Waals surface area contributed by atoms with E-state index in [0.29, 0.717) is 26.1 Å². The van der Waals surface area contributed by atoms with Crippen molar-refractivity contribution in [2.24, 2.45) is 0 Å². The largest absolute Gasteiger partial charge is 0.486 e. The number of hydrogen-bond donors (Lipinski definition) is 1. The van der Waals surface area contributed by atoms with E-state index in [0.717, 1.165) is 16.5 Å². The summed E-state index contributed by atoms with van der Waals surface area (Å²) in [7, 11) is 0. The van der Waals surface area contributed by atoms with Gasteiger partial charge in [0.2, 0.25) is 5.91 Å². The first-order chi connectivity index (χ1) is 11.1. The maximum Gasteiger partial charge on any atom is 0.228 e. The molecule has 5 nitrogen and oxygen atoms in total.